The Morgan fingerprint density at radius 3 is 2.94 bits per heavy atom. The van der Waals surface area contributed by atoms with Crippen molar-refractivity contribution >= 4 is 5.97 Å². The number of carboxylic acid groups (broad SMARTS) is 1. The van der Waals surface area contributed by atoms with Gasteiger partial charge >= 0.3 is 5.97 Å². The van der Waals surface area contributed by atoms with Crippen LogP contribution < -0.4 is 10.1 Å². The highest BCUT2D eigenvalue weighted by molar-refractivity contribution is 5.76. The van der Waals surface area contributed by atoms with Gasteiger partial charge in [0.25, 0.3) is 0 Å². The van der Waals surface area contributed by atoms with E-state index in [-0.39, 0.29) is 6.54 Å². The van der Waals surface area contributed by atoms with Crippen molar-refractivity contribution in [1.29, 1.82) is 0 Å². The number of pyridine rings is 1. The van der Waals surface area contributed by atoms with E-state index in [1.54, 1.807) is 12.3 Å². The number of hydrogen-bond acceptors (Lipinski definition) is 5. The zero-order chi connectivity index (χ0) is 12.9. The van der Waals surface area contributed by atoms with Gasteiger partial charge in [0.2, 0.25) is 5.88 Å². The van der Waals surface area contributed by atoms with Gasteiger partial charge in [-0.15, -0.1) is 0 Å². The Hall–Kier alpha value is -1.66. The summed E-state index contributed by atoms with van der Waals surface area (Å²) in [4.78, 5) is 14.7. The number of carbonyl (C=O) groups is 1. The highest BCUT2D eigenvalue weighted by Crippen LogP contribution is 2.13. The van der Waals surface area contributed by atoms with Crippen LogP contribution in [0.3, 0.4) is 0 Å². The molecule has 17 heavy (non-hydrogen) atoms. The van der Waals surface area contributed by atoms with Crippen LogP contribution in [0.25, 0.3) is 0 Å². The Morgan fingerprint density at radius 1 is 1.65 bits per heavy atom. The molecule has 1 aromatic heterocycles. The fourth-order valence-corrected chi connectivity index (χ4v) is 1.26. The maximum atomic E-state index is 10.7. The van der Waals surface area contributed by atoms with E-state index >= 15 is 0 Å². The number of aliphatic carboxylic acids is 1. The molecule has 1 aromatic rings. The van der Waals surface area contributed by atoms with Crippen molar-refractivity contribution in [2.75, 3.05) is 13.7 Å². The zero-order valence-corrected chi connectivity index (χ0v) is 9.80. The molecule has 0 saturated heterocycles. The third kappa shape index (κ3) is 3.69. The minimum Gasteiger partial charge on any atom is -0.481 e. The zero-order valence-electron chi connectivity index (χ0n) is 9.80. The first-order chi connectivity index (χ1) is 7.97. The van der Waals surface area contributed by atoms with E-state index in [4.69, 9.17) is 9.84 Å². The molecule has 0 saturated carbocycles. The smallest absolute Gasteiger partial charge is 0.336 e. The second-order valence-electron chi connectivity index (χ2n) is 3.85. The number of hydrogen-bond donors (Lipinski definition) is 3. The van der Waals surface area contributed by atoms with E-state index in [2.05, 4.69) is 10.3 Å². The average molecular weight is 240 g/mol. The van der Waals surface area contributed by atoms with Crippen LogP contribution in [0.4, 0.5) is 0 Å². The SMILES string of the molecule is COc1ncccc1CNCC(C)(O)C(=O)O. The maximum absolute atomic E-state index is 10.7. The molecule has 6 nitrogen and oxygen atoms in total. The van der Waals surface area contributed by atoms with Crippen LogP contribution in [0.5, 0.6) is 5.88 Å². The van der Waals surface area contributed by atoms with Crippen molar-refractivity contribution in [3.05, 3.63) is 23.9 Å². The van der Waals surface area contributed by atoms with Crippen molar-refractivity contribution < 1.29 is 19.7 Å². The first kappa shape index (κ1) is 13.4. The largest absolute Gasteiger partial charge is 0.481 e. The van der Waals surface area contributed by atoms with E-state index in [1.807, 2.05) is 6.07 Å². The van der Waals surface area contributed by atoms with Gasteiger partial charge in [-0.2, -0.15) is 0 Å². The molecule has 0 amide bonds. The van der Waals surface area contributed by atoms with Crippen LogP contribution in [0, 0.1) is 0 Å². The van der Waals surface area contributed by atoms with Crippen molar-refractivity contribution in [2.45, 2.75) is 19.1 Å². The number of rotatable bonds is 6. The Labute approximate surface area is 99.3 Å². The highest BCUT2D eigenvalue weighted by atomic mass is 16.5. The van der Waals surface area contributed by atoms with Crippen LogP contribution in [-0.2, 0) is 11.3 Å². The summed E-state index contributed by atoms with van der Waals surface area (Å²) in [6, 6.07) is 3.57. The second kappa shape index (κ2) is 5.60. The standard InChI is InChI=1S/C11H16N2O4/c1-11(16,10(14)15)7-12-6-8-4-3-5-13-9(8)17-2/h3-5,12,16H,6-7H2,1-2H3,(H,14,15). The Kier molecular flexibility index (Phi) is 4.42. The average Bonchev–Trinajstić information content (AvgIpc) is 2.29. The predicted octanol–water partition coefficient (Wildman–Crippen LogP) is 0.0154. The van der Waals surface area contributed by atoms with Gasteiger partial charge in [-0.1, -0.05) is 6.07 Å². The van der Waals surface area contributed by atoms with Crippen LogP contribution in [-0.4, -0.2) is 40.4 Å². The molecule has 0 aliphatic rings. The third-order valence-corrected chi connectivity index (χ3v) is 2.29. The summed E-state index contributed by atoms with van der Waals surface area (Å²) in [5.41, 5.74) is -0.980. The van der Waals surface area contributed by atoms with Crippen molar-refractivity contribution in [2.24, 2.45) is 0 Å². The molecular weight excluding hydrogens is 224 g/mol. The first-order valence-electron chi connectivity index (χ1n) is 5.12. The lowest BCUT2D eigenvalue weighted by Gasteiger charge is -2.18. The number of nitrogens with one attached hydrogen (secondary N) is 1. The lowest BCUT2D eigenvalue weighted by molar-refractivity contribution is -0.156. The number of nitrogens with zero attached hydrogens (tertiary/aromatic N) is 1. The monoisotopic (exact) mass is 240 g/mol. The molecule has 1 unspecified atom stereocenters. The molecule has 0 spiro atoms. The number of methoxy groups -OCH3 is 1. The Balaban J connectivity index is 2.54. The quantitative estimate of drug-likeness (QED) is 0.649. The summed E-state index contributed by atoms with van der Waals surface area (Å²) >= 11 is 0. The van der Waals surface area contributed by atoms with E-state index < -0.39 is 11.6 Å². The fourth-order valence-electron chi connectivity index (χ4n) is 1.26. The normalized spacial score (nSPS) is 14.1. The molecule has 0 aliphatic carbocycles. The van der Waals surface area contributed by atoms with E-state index in [0.29, 0.717) is 12.4 Å². The van der Waals surface area contributed by atoms with E-state index in [9.17, 15) is 9.90 Å². The lowest BCUT2D eigenvalue weighted by Crippen LogP contribution is -2.44. The number of carboxylic acids is 1. The van der Waals surface area contributed by atoms with Gasteiger partial charge in [-0.25, -0.2) is 9.78 Å². The topological polar surface area (TPSA) is 91.7 Å². The van der Waals surface area contributed by atoms with Crippen LogP contribution in [0.15, 0.2) is 18.3 Å². The van der Waals surface area contributed by atoms with Gasteiger partial charge in [0.15, 0.2) is 5.60 Å². The summed E-state index contributed by atoms with van der Waals surface area (Å²) in [7, 11) is 1.51. The molecule has 1 atom stereocenters. The summed E-state index contributed by atoms with van der Waals surface area (Å²) in [6.45, 7) is 1.56. The molecule has 94 valence electrons. The molecule has 0 bridgehead atoms. The van der Waals surface area contributed by atoms with Gasteiger partial charge in [0.1, 0.15) is 0 Å². The number of aliphatic hydroxyl groups is 1. The minimum absolute atomic E-state index is 0.0552. The van der Waals surface area contributed by atoms with Crippen molar-refractivity contribution in [3.63, 3.8) is 0 Å². The molecule has 3 N–H and O–H groups in total. The summed E-state index contributed by atoms with van der Waals surface area (Å²) < 4.78 is 5.05. The van der Waals surface area contributed by atoms with Crippen molar-refractivity contribution in [3.8, 4) is 5.88 Å². The summed E-state index contributed by atoms with van der Waals surface area (Å²) in [5.74, 6) is -0.780. The van der Waals surface area contributed by atoms with Gasteiger partial charge in [-0.05, 0) is 13.0 Å². The molecule has 1 rings (SSSR count). The molecule has 0 aromatic carbocycles. The molecule has 0 fully saturated rings. The minimum atomic E-state index is -1.78. The molecule has 0 radical (unpaired) electrons. The number of aromatic nitrogens is 1. The number of ether oxygens (including phenoxy) is 1. The molecule has 0 aliphatic heterocycles. The summed E-state index contributed by atoms with van der Waals surface area (Å²) in [5, 5.41) is 21.0. The summed E-state index contributed by atoms with van der Waals surface area (Å²) in [6.07, 6.45) is 1.61. The Bertz CT molecular complexity index is 393. The first-order valence-corrected chi connectivity index (χ1v) is 5.12. The lowest BCUT2D eigenvalue weighted by atomic mass is 10.1. The van der Waals surface area contributed by atoms with Crippen LogP contribution in [0.2, 0.25) is 0 Å². The molecule has 1 heterocycles. The van der Waals surface area contributed by atoms with Crippen LogP contribution in [0.1, 0.15) is 12.5 Å². The van der Waals surface area contributed by atoms with Gasteiger partial charge in [0.05, 0.1) is 7.11 Å². The van der Waals surface area contributed by atoms with Crippen LogP contribution >= 0.6 is 0 Å². The van der Waals surface area contributed by atoms with Gasteiger partial charge < -0.3 is 20.3 Å². The van der Waals surface area contributed by atoms with Gasteiger partial charge in [-0.3, -0.25) is 0 Å². The fraction of sp³-hybridized carbons (Fsp3) is 0.455. The van der Waals surface area contributed by atoms with Gasteiger partial charge in [0, 0.05) is 24.8 Å². The van der Waals surface area contributed by atoms with E-state index in [0.717, 1.165) is 5.56 Å². The third-order valence-electron chi connectivity index (χ3n) is 2.29. The predicted molar refractivity (Wildman–Crippen MR) is 60.8 cm³/mol. The maximum Gasteiger partial charge on any atom is 0.336 e. The second-order valence-corrected chi connectivity index (χ2v) is 3.85. The van der Waals surface area contributed by atoms with Crippen molar-refractivity contribution in [1.82, 2.24) is 10.3 Å². The highest BCUT2D eigenvalue weighted by Gasteiger charge is 2.29. The van der Waals surface area contributed by atoms with E-state index in [1.165, 1.54) is 14.0 Å². The molecule has 6 heteroatoms. The molecular formula is C11H16N2O4. The Morgan fingerprint density at radius 2 is 2.35 bits per heavy atom.